The summed E-state index contributed by atoms with van der Waals surface area (Å²) in [7, 11) is 0. The van der Waals surface area contributed by atoms with Crippen molar-refractivity contribution in [3.05, 3.63) is 33.7 Å². The summed E-state index contributed by atoms with van der Waals surface area (Å²) in [5.74, 6) is 0.765. The highest BCUT2D eigenvalue weighted by Crippen LogP contribution is 2.13. The SMILES string of the molecule is O=c1[nH]ncc(NCCc2ncn[nH]2)c1Cl. The van der Waals surface area contributed by atoms with E-state index < -0.39 is 5.56 Å². The minimum Gasteiger partial charge on any atom is -0.382 e. The highest BCUT2D eigenvalue weighted by atomic mass is 35.5. The highest BCUT2D eigenvalue weighted by Gasteiger charge is 2.04. The van der Waals surface area contributed by atoms with Crippen LogP contribution in [0.5, 0.6) is 0 Å². The van der Waals surface area contributed by atoms with Crippen molar-refractivity contribution in [2.24, 2.45) is 0 Å². The van der Waals surface area contributed by atoms with Crippen molar-refractivity contribution in [2.75, 3.05) is 11.9 Å². The molecular weight excluding hydrogens is 232 g/mol. The van der Waals surface area contributed by atoms with E-state index in [-0.39, 0.29) is 5.02 Å². The largest absolute Gasteiger partial charge is 0.382 e. The molecule has 8 heteroatoms. The molecule has 0 fully saturated rings. The third-order valence-corrected chi connectivity index (χ3v) is 2.31. The van der Waals surface area contributed by atoms with E-state index in [1.807, 2.05) is 0 Å². The number of nitrogens with zero attached hydrogens (tertiary/aromatic N) is 3. The van der Waals surface area contributed by atoms with Crippen LogP contribution in [0.1, 0.15) is 5.82 Å². The molecule has 2 aromatic heterocycles. The van der Waals surface area contributed by atoms with E-state index in [1.165, 1.54) is 12.5 Å². The molecule has 0 radical (unpaired) electrons. The average Bonchev–Trinajstić information content (AvgIpc) is 2.77. The zero-order valence-corrected chi connectivity index (χ0v) is 8.95. The molecular formula is C8H9ClN6O. The Morgan fingerprint density at radius 2 is 2.25 bits per heavy atom. The lowest BCUT2D eigenvalue weighted by Gasteiger charge is -2.04. The topological polar surface area (TPSA) is 99.3 Å². The van der Waals surface area contributed by atoms with E-state index in [0.717, 1.165) is 5.82 Å². The number of hydrogen-bond acceptors (Lipinski definition) is 5. The van der Waals surface area contributed by atoms with Crippen LogP contribution in [0.3, 0.4) is 0 Å². The summed E-state index contributed by atoms with van der Waals surface area (Å²) in [5, 5.41) is 15.4. The molecule has 2 aromatic rings. The molecule has 0 aliphatic carbocycles. The first kappa shape index (κ1) is 10.6. The quantitative estimate of drug-likeness (QED) is 0.709. The van der Waals surface area contributed by atoms with Crippen LogP contribution in [0.25, 0.3) is 0 Å². The molecule has 7 nitrogen and oxygen atoms in total. The number of halogens is 1. The van der Waals surface area contributed by atoms with Gasteiger partial charge in [-0.3, -0.25) is 9.89 Å². The maximum absolute atomic E-state index is 11.1. The summed E-state index contributed by atoms with van der Waals surface area (Å²) in [5.41, 5.74) is 0.0938. The zero-order chi connectivity index (χ0) is 11.4. The normalized spacial score (nSPS) is 10.3. The van der Waals surface area contributed by atoms with Crippen molar-refractivity contribution >= 4 is 17.3 Å². The molecule has 2 heterocycles. The molecule has 84 valence electrons. The number of H-pyrrole nitrogens is 2. The number of aromatic amines is 2. The van der Waals surface area contributed by atoms with Gasteiger partial charge in [0.15, 0.2) is 0 Å². The lowest BCUT2D eigenvalue weighted by atomic mass is 10.4. The molecule has 0 unspecified atom stereocenters. The lowest BCUT2D eigenvalue weighted by molar-refractivity contribution is 0.896. The standard InChI is InChI=1S/C8H9ClN6O/c9-7-5(3-12-15-8(7)16)10-2-1-6-11-4-13-14-6/h3-4H,1-2H2,(H2,10,15,16)(H,11,13,14). The van der Waals surface area contributed by atoms with E-state index in [4.69, 9.17) is 11.6 Å². The highest BCUT2D eigenvalue weighted by molar-refractivity contribution is 6.32. The Bertz CT molecular complexity index is 507. The van der Waals surface area contributed by atoms with Gasteiger partial charge in [-0.1, -0.05) is 11.6 Å². The van der Waals surface area contributed by atoms with Crippen LogP contribution in [0.15, 0.2) is 17.3 Å². The maximum atomic E-state index is 11.1. The van der Waals surface area contributed by atoms with Crippen LogP contribution in [-0.4, -0.2) is 31.9 Å². The Morgan fingerprint density at radius 1 is 1.38 bits per heavy atom. The van der Waals surface area contributed by atoms with Crippen LogP contribution >= 0.6 is 11.6 Å². The molecule has 16 heavy (non-hydrogen) atoms. The first-order chi connectivity index (χ1) is 7.77. The molecule has 0 spiro atoms. The fourth-order valence-electron chi connectivity index (χ4n) is 1.17. The molecule has 0 saturated carbocycles. The van der Waals surface area contributed by atoms with Gasteiger partial charge < -0.3 is 5.32 Å². The molecule has 0 aliphatic rings. The fourth-order valence-corrected chi connectivity index (χ4v) is 1.33. The van der Waals surface area contributed by atoms with Gasteiger partial charge in [-0.05, 0) is 0 Å². The van der Waals surface area contributed by atoms with Crippen LogP contribution in [-0.2, 0) is 6.42 Å². The summed E-state index contributed by atoms with van der Waals surface area (Å²) >= 11 is 5.77. The second-order valence-electron chi connectivity index (χ2n) is 3.04. The molecule has 0 bridgehead atoms. The van der Waals surface area contributed by atoms with Crippen molar-refractivity contribution < 1.29 is 0 Å². The van der Waals surface area contributed by atoms with Gasteiger partial charge in [0, 0.05) is 13.0 Å². The maximum Gasteiger partial charge on any atom is 0.285 e. The average molecular weight is 241 g/mol. The molecule has 0 aliphatic heterocycles. The van der Waals surface area contributed by atoms with Gasteiger partial charge in [0.1, 0.15) is 17.2 Å². The van der Waals surface area contributed by atoms with Crippen molar-refractivity contribution in [1.82, 2.24) is 25.4 Å². The number of aromatic nitrogens is 5. The first-order valence-corrected chi connectivity index (χ1v) is 4.96. The zero-order valence-electron chi connectivity index (χ0n) is 8.20. The smallest absolute Gasteiger partial charge is 0.285 e. The van der Waals surface area contributed by atoms with Gasteiger partial charge in [-0.25, -0.2) is 10.1 Å². The Hall–Kier alpha value is -1.89. The van der Waals surface area contributed by atoms with Gasteiger partial charge in [-0.2, -0.15) is 10.2 Å². The Balaban J connectivity index is 1.95. The second-order valence-corrected chi connectivity index (χ2v) is 3.41. The molecule has 2 rings (SSSR count). The Morgan fingerprint density at radius 3 is 3.00 bits per heavy atom. The van der Waals surface area contributed by atoms with Gasteiger partial charge in [0.2, 0.25) is 0 Å². The molecule has 3 N–H and O–H groups in total. The van der Waals surface area contributed by atoms with Crippen molar-refractivity contribution in [3.63, 3.8) is 0 Å². The Kier molecular flexibility index (Phi) is 3.16. The Labute approximate surface area is 95.3 Å². The van der Waals surface area contributed by atoms with E-state index >= 15 is 0 Å². The van der Waals surface area contributed by atoms with Crippen LogP contribution in [0.4, 0.5) is 5.69 Å². The molecule has 0 atom stereocenters. The first-order valence-electron chi connectivity index (χ1n) is 4.58. The van der Waals surface area contributed by atoms with Gasteiger partial charge in [-0.15, -0.1) is 0 Å². The van der Waals surface area contributed by atoms with E-state index in [2.05, 4.69) is 30.7 Å². The van der Waals surface area contributed by atoms with Crippen LogP contribution < -0.4 is 10.9 Å². The molecule has 0 saturated heterocycles. The summed E-state index contributed by atoms with van der Waals surface area (Å²) in [6.45, 7) is 0.583. The van der Waals surface area contributed by atoms with E-state index in [1.54, 1.807) is 0 Å². The monoisotopic (exact) mass is 240 g/mol. The fraction of sp³-hybridized carbons (Fsp3) is 0.250. The summed E-state index contributed by atoms with van der Waals surface area (Å²) in [6, 6.07) is 0. The predicted molar refractivity (Wildman–Crippen MR) is 58.4 cm³/mol. The summed E-state index contributed by atoms with van der Waals surface area (Å²) in [4.78, 5) is 15.1. The van der Waals surface area contributed by atoms with E-state index in [9.17, 15) is 4.79 Å². The van der Waals surface area contributed by atoms with Crippen molar-refractivity contribution in [1.29, 1.82) is 0 Å². The minimum absolute atomic E-state index is 0.104. The number of hydrogen-bond donors (Lipinski definition) is 3. The molecule has 0 aromatic carbocycles. The van der Waals surface area contributed by atoms with Gasteiger partial charge >= 0.3 is 0 Å². The number of anilines is 1. The summed E-state index contributed by atoms with van der Waals surface area (Å²) in [6.07, 6.45) is 3.56. The number of nitrogens with one attached hydrogen (secondary N) is 3. The predicted octanol–water partition coefficient (Wildman–Crippen LogP) is 0.196. The van der Waals surface area contributed by atoms with Crippen molar-refractivity contribution in [3.8, 4) is 0 Å². The lowest BCUT2D eigenvalue weighted by Crippen LogP contribution is -2.13. The van der Waals surface area contributed by atoms with Crippen LogP contribution in [0.2, 0.25) is 5.02 Å². The van der Waals surface area contributed by atoms with Crippen molar-refractivity contribution in [2.45, 2.75) is 6.42 Å². The van der Waals surface area contributed by atoms with E-state index in [0.29, 0.717) is 18.7 Å². The minimum atomic E-state index is -0.411. The summed E-state index contributed by atoms with van der Waals surface area (Å²) < 4.78 is 0. The third-order valence-electron chi connectivity index (χ3n) is 1.94. The van der Waals surface area contributed by atoms with Crippen LogP contribution in [0, 0.1) is 0 Å². The molecule has 0 amide bonds. The van der Waals surface area contributed by atoms with Gasteiger partial charge in [0.25, 0.3) is 5.56 Å². The number of rotatable bonds is 4. The second kappa shape index (κ2) is 4.75. The van der Waals surface area contributed by atoms with Gasteiger partial charge in [0.05, 0.1) is 11.9 Å². The third kappa shape index (κ3) is 2.37.